The maximum absolute atomic E-state index is 5.14. The normalized spacial score (nSPS) is 14.2. The maximum Gasteiger partial charge on any atom is 0.220 e. The summed E-state index contributed by atoms with van der Waals surface area (Å²) in [7, 11) is 0. The molecule has 7 aromatic carbocycles. The first-order valence-electron chi connectivity index (χ1n) is 20.5. The molecule has 7 nitrogen and oxygen atoms in total. The van der Waals surface area contributed by atoms with Crippen molar-refractivity contribution in [1.82, 2.24) is 33.5 Å². The van der Waals surface area contributed by atoms with E-state index in [0.717, 1.165) is 78.9 Å². The molecule has 12 rings (SSSR count). The Morgan fingerprint density at radius 3 is 2.00 bits per heavy atom. The number of hydrogen-bond donors (Lipinski definition) is 0. The molecule has 284 valence electrons. The highest BCUT2D eigenvalue weighted by atomic mass is 15.2. The molecule has 1 unspecified atom stereocenters. The van der Waals surface area contributed by atoms with E-state index in [-0.39, 0.29) is 0 Å². The van der Waals surface area contributed by atoms with Crippen molar-refractivity contribution in [3.8, 4) is 45.3 Å². The molecule has 0 spiro atoms. The van der Waals surface area contributed by atoms with Gasteiger partial charge >= 0.3 is 0 Å². The van der Waals surface area contributed by atoms with Crippen LogP contribution in [0.4, 0.5) is 0 Å². The third-order valence-corrected chi connectivity index (χ3v) is 11.8. The third kappa shape index (κ3) is 5.43. The minimum absolute atomic E-state index is 0.490. The summed E-state index contributed by atoms with van der Waals surface area (Å²) < 4.78 is 6.94. The summed E-state index contributed by atoms with van der Waals surface area (Å²) in [4.78, 5) is 20.3. The Balaban J connectivity index is 1.04. The average Bonchev–Trinajstić information content (AvgIpc) is 3.96. The number of fused-ring (bicyclic) bond motifs is 8. The first-order valence-corrected chi connectivity index (χ1v) is 20.5. The Labute approximate surface area is 345 Å². The van der Waals surface area contributed by atoms with Crippen LogP contribution in [0.25, 0.3) is 101 Å². The van der Waals surface area contributed by atoms with Gasteiger partial charge in [0.05, 0.1) is 33.1 Å². The number of aromatic nitrogens is 7. The van der Waals surface area contributed by atoms with Crippen molar-refractivity contribution < 1.29 is 0 Å². The molecule has 1 aliphatic carbocycles. The number of hydrogen-bond acceptors (Lipinski definition) is 4. The van der Waals surface area contributed by atoms with Crippen molar-refractivity contribution in [2.75, 3.05) is 0 Å². The topological polar surface area (TPSA) is 65.8 Å². The Morgan fingerprint density at radius 2 is 1.17 bits per heavy atom. The van der Waals surface area contributed by atoms with Gasteiger partial charge in [-0.05, 0) is 84.1 Å². The van der Waals surface area contributed by atoms with Crippen LogP contribution < -0.4 is 0 Å². The zero-order valence-corrected chi connectivity index (χ0v) is 32.8. The summed E-state index contributed by atoms with van der Waals surface area (Å²) >= 11 is 0. The second-order valence-corrected chi connectivity index (χ2v) is 15.6. The molecule has 4 aromatic heterocycles. The van der Waals surface area contributed by atoms with Crippen LogP contribution >= 0.6 is 0 Å². The van der Waals surface area contributed by atoms with E-state index in [0.29, 0.717) is 23.4 Å². The predicted molar refractivity (Wildman–Crippen MR) is 244 cm³/mol. The Kier molecular flexibility index (Phi) is 7.75. The van der Waals surface area contributed by atoms with E-state index in [1.165, 1.54) is 16.3 Å². The molecule has 0 bridgehead atoms. The lowest BCUT2D eigenvalue weighted by molar-refractivity contribution is 0.738. The highest BCUT2D eigenvalue weighted by molar-refractivity contribution is 6.16. The van der Waals surface area contributed by atoms with Gasteiger partial charge in [0.15, 0.2) is 17.5 Å². The predicted octanol–water partition coefficient (Wildman–Crippen LogP) is 12.7. The molecular weight excluding hydrogens is 735 g/mol. The lowest BCUT2D eigenvalue weighted by atomic mass is 9.98. The number of rotatable bonds is 6. The second kappa shape index (κ2) is 13.6. The molecular formula is C53H37N7. The monoisotopic (exact) mass is 771 g/mol. The number of allylic oxidation sites excluding steroid dienone is 4. The van der Waals surface area contributed by atoms with E-state index in [4.69, 9.17) is 19.9 Å². The first kappa shape index (κ1) is 34.2. The van der Waals surface area contributed by atoms with Gasteiger partial charge in [0, 0.05) is 38.8 Å². The van der Waals surface area contributed by atoms with Crippen LogP contribution in [0.15, 0.2) is 188 Å². The molecule has 1 aliphatic rings. The smallest absolute Gasteiger partial charge is 0.220 e. The molecule has 4 heterocycles. The molecule has 0 saturated carbocycles. The SMILES string of the molecule is CC1C=CC(c2nc(-c3ccccc3)nc(-c3cccc(-n4c5ccccc5c5c(-c6ccc7c(c6)n6c8ccccc8nc6n7-c6ccccc6)cccc54)c3)n2)=CC1. The van der Waals surface area contributed by atoms with E-state index in [9.17, 15) is 0 Å². The van der Waals surface area contributed by atoms with Crippen molar-refractivity contribution in [3.05, 3.63) is 194 Å². The van der Waals surface area contributed by atoms with Gasteiger partial charge in [0.1, 0.15) is 0 Å². The minimum Gasteiger partial charge on any atom is -0.309 e. The summed E-state index contributed by atoms with van der Waals surface area (Å²) in [5.41, 5.74) is 13.8. The van der Waals surface area contributed by atoms with E-state index < -0.39 is 0 Å². The van der Waals surface area contributed by atoms with Crippen LogP contribution in [0, 0.1) is 5.92 Å². The molecule has 0 aliphatic heterocycles. The summed E-state index contributed by atoms with van der Waals surface area (Å²) in [6.45, 7) is 2.23. The molecule has 60 heavy (non-hydrogen) atoms. The number of imidazole rings is 2. The summed E-state index contributed by atoms with van der Waals surface area (Å²) in [6, 6.07) is 59.9. The Bertz CT molecular complexity index is 3530. The van der Waals surface area contributed by atoms with Gasteiger partial charge < -0.3 is 4.57 Å². The molecule has 0 saturated heterocycles. The van der Waals surface area contributed by atoms with Crippen LogP contribution in [0.5, 0.6) is 0 Å². The molecule has 0 amide bonds. The highest BCUT2D eigenvalue weighted by Gasteiger charge is 2.21. The van der Waals surface area contributed by atoms with Crippen molar-refractivity contribution in [1.29, 1.82) is 0 Å². The van der Waals surface area contributed by atoms with Gasteiger partial charge in [-0.3, -0.25) is 8.97 Å². The maximum atomic E-state index is 5.14. The van der Waals surface area contributed by atoms with Crippen LogP contribution in [0.2, 0.25) is 0 Å². The van der Waals surface area contributed by atoms with Crippen LogP contribution in [-0.4, -0.2) is 33.5 Å². The summed E-state index contributed by atoms with van der Waals surface area (Å²) in [6.07, 6.45) is 7.57. The molecule has 0 fully saturated rings. The molecule has 0 N–H and O–H groups in total. The lowest BCUT2D eigenvalue weighted by Crippen LogP contribution is -2.04. The molecule has 7 heteroatoms. The second-order valence-electron chi connectivity index (χ2n) is 15.6. The Morgan fingerprint density at radius 1 is 0.483 bits per heavy atom. The number of para-hydroxylation sites is 4. The summed E-state index contributed by atoms with van der Waals surface area (Å²) in [5.74, 6) is 3.37. The van der Waals surface area contributed by atoms with E-state index in [1.807, 2.05) is 18.2 Å². The highest BCUT2D eigenvalue weighted by Crippen LogP contribution is 2.41. The van der Waals surface area contributed by atoms with Gasteiger partial charge in [0.2, 0.25) is 5.78 Å². The largest absolute Gasteiger partial charge is 0.309 e. The zero-order chi connectivity index (χ0) is 39.7. The van der Waals surface area contributed by atoms with Gasteiger partial charge in [-0.15, -0.1) is 0 Å². The average molecular weight is 772 g/mol. The van der Waals surface area contributed by atoms with Crippen molar-refractivity contribution in [3.63, 3.8) is 0 Å². The fraction of sp³-hybridized carbons (Fsp3) is 0.0566. The van der Waals surface area contributed by atoms with Crippen LogP contribution in [0.3, 0.4) is 0 Å². The van der Waals surface area contributed by atoms with Crippen molar-refractivity contribution in [2.45, 2.75) is 13.3 Å². The molecule has 1 atom stereocenters. The van der Waals surface area contributed by atoms with Gasteiger partial charge in [-0.1, -0.05) is 134 Å². The summed E-state index contributed by atoms with van der Waals surface area (Å²) in [5, 5.41) is 2.39. The zero-order valence-electron chi connectivity index (χ0n) is 32.8. The fourth-order valence-electron chi connectivity index (χ4n) is 8.97. The minimum atomic E-state index is 0.490. The Hall–Kier alpha value is -7.90. The molecule has 11 aromatic rings. The standard InChI is InChI=1S/C53H37N7/c1-34-26-28-36(29-27-34)51-55-50(35-14-4-2-5-15-35)56-52(57-51)38-16-12-19-40(32-38)58-44-23-10-8-20-42(44)49-41(21-13-25-47(49)58)37-30-31-46-48(33-37)60-45-24-11-9-22-43(45)54-53(60)59(46)39-17-6-3-7-18-39/h2-26,28-34H,27H2,1H3. The fourth-order valence-corrected chi connectivity index (χ4v) is 8.97. The van der Waals surface area contributed by atoms with E-state index >= 15 is 0 Å². The third-order valence-electron chi connectivity index (χ3n) is 11.8. The quantitative estimate of drug-likeness (QED) is 0.169. The first-order chi connectivity index (χ1) is 29.7. The van der Waals surface area contributed by atoms with Crippen molar-refractivity contribution in [2.24, 2.45) is 5.92 Å². The van der Waals surface area contributed by atoms with Crippen molar-refractivity contribution >= 4 is 55.2 Å². The van der Waals surface area contributed by atoms with Crippen LogP contribution in [0.1, 0.15) is 19.2 Å². The van der Waals surface area contributed by atoms with Gasteiger partial charge in [-0.25, -0.2) is 19.9 Å². The molecule has 0 radical (unpaired) electrons. The van der Waals surface area contributed by atoms with Gasteiger partial charge in [-0.2, -0.15) is 0 Å². The van der Waals surface area contributed by atoms with E-state index in [1.54, 1.807) is 0 Å². The number of benzene rings is 7. The van der Waals surface area contributed by atoms with Crippen LogP contribution in [-0.2, 0) is 0 Å². The van der Waals surface area contributed by atoms with Gasteiger partial charge in [0.25, 0.3) is 0 Å². The van der Waals surface area contributed by atoms with E-state index in [2.05, 4.69) is 190 Å². The lowest BCUT2D eigenvalue weighted by Gasteiger charge is -2.14. The number of nitrogens with zero attached hydrogens (tertiary/aromatic N) is 7.